The van der Waals surface area contributed by atoms with E-state index in [1.54, 1.807) is 6.20 Å². The normalized spacial score (nSPS) is 19.8. The summed E-state index contributed by atoms with van der Waals surface area (Å²) < 4.78 is 8.27. The predicted octanol–water partition coefficient (Wildman–Crippen LogP) is 1.94. The zero-order valence-corrected chi connectivity index (χ0v) is 16.3. The molecule has 0 bridgehead atoms. The smallest absolute Gasteiger partial charge is 0.256 e. The summed E-state index contributed by atoms with van der Waals surface area (Å²) in [6.45, 7) is 6.63. The first kappa shape index (κ1) is 17.7. The summed E-state index contributed by atoms with van der Waals surface area (Å²) in [4.78, 5) is 27.8. The molecule has 7 heteroatoms. The van der Waals surface area contributed by atoms with Crippen molar-refractivity contribution in [3.63, 3.8) is 0 Å². The van der Waals surface area contributed by atoms with E-state index < -0.39 is 0 Å². The van der Waals surface area contributed by atoms with E-state index >= 15 is 0 Å². The summed E-state index contributed by atoms with van der Waals surface area (Å²) in [6, 6.07) is 4.12. The van der Waals surface area contributed by atoms with Crippen LogP contribution in [0.15, 0.2) is 27.6 Å². The van der Waals surface area contributed by atoms with Crippen molar-refractivity contribution < 1.29 is 9.53 Å². The van der Waals surface area contributed by atoms with E-state index in [1.807, 2.05) is 6.07 Å². The molecule has 26 heavy (non-hydrogen) atoms. The Kier molecular flexibility index (Phi) is 4.86. The third-order valence-corrected chi connectivity index (χ3v) is 5.68. The highest BCUT2D eigenvalue weighted by molar-refractivity contribution is 9.10. The molecular formula is C19H22BrN3O3. The summed E-state index contributed by atoms with van der Waals surface area (Å²) in [5.41, 5.74) is 2.13. The minimum absolute atomic E-state index is 0.197. The highest BCUT2D eigenvalue weighted by atomic mass is 79.9. The van der Waals surface area contributed by atoms with Crippen molar-refractivity contribution in [2.75, 3.05) is 39.4 Å². The topological polar surface area (TPSA) is 63.6 Å². The molecule has 0 spiro atoms. The molecular weight excluding hydrogens is 398 g/mol. The molecule has 1 fully saturated rings. The number of hydrogen-bond acceptors (Lipinski definition) is 4. The quantitative estimate of drug-likeness (QED) is 0.822. The molecule has 1 amide bonds. The predicted molar refractivity (Wildman–Crippen MR) is 104 cm³/mol. The van der Waals surface area contributed by atoms with Crippen LogP contribution in [0.25, 0.3) is 10.9 Å². The molecule has 1 atom stereocenters. The van der Waals surface area contributed by atoms with Crippen molar-refractivity contribution in [1.29, 1.82) is 0 Å². The van der Waals surface area contributed by atoms with Gasteiger partial charge in [-0.15, -0.1) is 0 Å². The highest BCUT2D eigenvalue weighted by Gasteiger charge is 2.25. The van der Waals surface area contributed by atoms with Crippen LogP contribution >= 0.6 is 15.9 Å². The number of pyridine rings is 1. The van der Waals surface area contributed by atoms with Crippen LogP contribution in [-0.2, 0) is 11.2 Å². The van der Waals surface area contributed by atoms with Crippen LogP contribution in [-0.4, -0.2) is 54.8 Å². The maximum absolute atomic E-state index is 12.9. The van der Waals surface area contributed by atoms with E-state index in [9.17, 15) is 9.59 Å². The third-order valence-electron chi connectivity index (χ3n) is 5.22. The number of halogens is 1. The minimum atomic E-state index is -0.297. The molecule has 138 valence electrons. The van der Waals surface area contributed by atoms with Crippen LogP contribution in [0.3, 0.4) is 0 Å². The van der Waals surface area contributed by atoms with Crippen LogP contribution in [0.1, 0.15) is 28.9 Å². The molecule has 4 rings (SSSR count). The lowest BCUT2D eigenvalue weighted by molar-refractivity contribution is 0.0383. The Bertz CT molecular complexity index is 918. The second kappa shape index (κ2) is 7.13. The number of hydrogen-bond donors (Lipinski definition) is 1. The molecule has 1 unspecified atom stereocenters. The van der Waals surface area contributed by atoms with Gasteiger partial charge < -0.3 is 14.6 Å². The Balaban J connectivity index is 1.58. The van der Waals surface area contributed by atoms with Gasteiger partial charge in [0.2, 0.25) is 5.43 Å². The van der Waals surface area contributed by atoms with E-state index in [-0.39, 0.29) is 22.9 Å². The van der Waals surface area contributed by atoms with Crippen molar-refractivity contribution in [2.24, 2.45) is 0 Å². The van der Waals surface area contributed by atoms with Crippen LogP contribution in [0, 0.1) is 0 Å². The van der Waals surface area contributed by atoms with Gasteiger partial charge in [0.1, 0.15) is 5.56 Å². The second-order valence-corrected chi connectivity index (χ2v) is 7.92. The lowest BCUT2D eigenvalue weighted by atomic mass is 10.1. The van der Waals surface area contributed by atoms with Gasteiger partial charge in [0.15, 0.2) is 0 Å². The van der Waals surface area contributed by atoms with Gasteiger partial charge in [0.25, 0.3) is 5.91 Å². The molecule has 6 nitrogen and oxygen atoms in total. The number of amides is 1. The number of nitrogens with zero attached hydrogens (tertiary/aromatic N) is 2. The SMILES string of the molecule is CC1Cc2cc(Br)cc3c(=O)c(C(=O)NCCN4CCOCC4)cn1c23. The lowest BCUT2D eigenvalue weighted by Crippen LogP contribution is -2.42. The number of morpholine rings is 1. The molecule has 0 aliphatic carbocycles. The molecule has 1 N–H and O–H groups in total. The Morgan fingerprint density at radius 1 is 1.35 bits per heavy atom. The summed E-state index contributed by atoms with van der Waals surface area (Å²) in [6.07, 6.45) is 2.60. The molecule has 0 radical (unpaired) electrons. The lowest BCUT2D eigenvalue weighted by Gasteiger charge is -2.26. The van der Waals surface area contributed by atoms with Gasteiger partial charge in [-0.2, -0.15) is 0 Å². The van der Waals surface area contributed by atoms with Gasteiger partial charge in [0.05, 0.1) is 18.7 Å². The largest absolute Gasteiger partial charge is 0.379 e. The average molecular weight is 420 g/mol. The average Bonchev–Trinajstić information content (AvgIpc) is 2.94. The number of aromatic nitrogens is 1. The zero-order chi connectivity index (χ0) is 18.3. The summed E-state index contributed by atoms with van der Waals surface area (Å²) in [5.74, 6) is -0.297. The number of nitrogens with one attached hydrogen (secondary N) is 1. The second-order valence-electron chi connectivity index (χ2n) is 7.00. The Morgan fingerprint density at radius 3 is 2.88 bits per heavy atom. The van der Waals surface area contributed by atoms with Crippen LogP contribution in [0.5, 0.6) is 0 Å². The minimum Gasteiger partial charge on any atom is -0.379 e. The number of carbonyl (C=O) groups is 1. The molecule has 0 saturated carbocycles. The van der Waals surface area contributed by atoms with Crippen molar-refractivity contribution in [1.82, 2.24) is 14.8 Å². The molecule has 2 aliphatic rings. The number of ether oxygens (including phenoxy) is 1. The van der Waals surface area contributed by atoms with Gasteiger partial charge in [-0.05, 0) is 31.0 Å². The van der Waals surface area contributed by atoms with Crippen molar-refractivity contribution in [2.45, 2.75) is 19.4 Å². The van der Waals surface area contributed by atoms with Gasteiger partial charge in [-0.25, -0.2) is 0 Å². The van der Waals surface area contributed by atoms with Gasteiger partial charge in [0, 0.05) is 48.3 Å². The Hall–Kier alpha value is -1.70. The van der Waals surface area contributed by atoms with E-state index in [0.29, 0.717) is 11.9 Å². The molecule has 1 aromatic carbocycles. The van der Waals surface area contributed by atoms with Gasteiger partial charge >= 0.3 is 0 Å². The third kappa shape index (κ3) is 3.19. The fraction of sp³-hybridized carbons (Fsp3) is 0.474. The zero-order valence-electron chi connectivity index (χ0n) is 14.8. The maximum atomic E-state index is 12.9. The van der Waals surface area contributed by atoms with Crippen molar-refractivity contribution >= 4 is 32.7 Å². The van der Waals surface area contributed by atoms with E-state index in [2.05, 4.69) is 43.7 Å². The fourth-order valence-corrected chi connectivity index (χ4v) is 4.38. The Labute approximate surface area is 160 Å². The van der Waals surface area contributed by atoms with Gasteiger partial charge in [-0.1, -0.05) is 15.9 Å². The fourth-order valence-electron chi connectivity index (χ4n) is 3.87. The summed E-state index contributed by atoms with van der Waals surface area (Å²) in [7, 11) is 0. The van der Waals surface area contributed by atoms with Crippen molar-refractivity contribution in [3.05, 3.63) is 44.2 Å². The molecule has 1 aromatic heterocycles. The summed E-state index contributed by atoms with van der Waals surface area (Å²) in [5, 5.41) is 3.51. The first-order valence-electron chi connectivity index (χ1n) is 9.00. The first-order valence-corrected chi connectivity index (χ1v) is 9.79. The molecule has 2 aliphatic heterocycles. The highest BCUT2D eigenvalue weighted by Crippen LogP contribution is 2.33. The van der Waals surface area contributed by atoms with Crippen LogP contribution < -0.4 is 10.7 Å². The van der Waals surface area contributed by atoms with Crippen LogP contribution in [0.4, 0.5) is 0 Å². The number of benzene rings is 1. The Morgan fingerprint density at radius 2 is 2.12 bits per heavy atom. The van der Waals surface area contributed by atoms with Crippen molar-refractivity contribution in [3.8, 4) is 0 Å². The molecule has 3 heterocycles. The van der Waals surface area contributed by atoms with E-state index in [1.165, 1.54) is 0 Å². The molecule has 1 saturated heterocycles. The van der Waals surface area contributed by atoms with Gasteiger partial charge in [-0.3, -0.25) is 14.5 Å². The van der Waals surface area contributed by atoms with E-state index in [0.717, 1.165) is 54.8 Å². The monoisotopic (exact) mass is 419 g/mol. The molecule has 2 aromatic rings. The summed E-state index contributed by atoms with van der Waals surface area (Å²) >= 11 is 3.48. The standard InChI is InChI=1S/C19H22BrN3O3/c1-12-8-13-9-14(20)10-15-17(13)23(12)11-16(18(15)24)19(25)21-2-3-22-4-6-26-7-5-22/h9-12H,2-8H2,1H3,(H,21,25). The van der Waals surface area contributed by atoms with Crippen LogP contribution in [0.2, 0.25) is 0 Å². The number of rotatable bonds is 4. The number of carbonyl (C=O) groups excluding carboxylic acids is 1. The van der Waals surface area contributed by atoms with E-state index in [4.69, 9.17) is 4.74 Å². The first-order chi connectivity index (χ1) is 12.5. The maximum Gasteiger partial charge on any atom is 0.256 e.